The predicted octanol–water partition coefficient (Wildman–Crippen LogP) is 3.51. The summed E-state index contributed by atoms with van der Waals surface area (Å²) in [6.07, 6.45) is 4.37. The molecule has 4 aromatic rings. The van der Waals surface area contributed by atoms with Crippen LogP contribution >= 0.6 is 0 Å². The number of benzene rings is 1. The molecule has 2 N–H and O–H groups in total. The maximum atomic E-state index is 13.0. The minimum atomic E-state index is -0.251. The number of carbonyl (C=O) groups is 1. The van der Waals surface area contributed by atoms with Crippen molar-refractivity contribution in [2.75, 3.05) is 12.4 Å². The summed E-state index contributed by atoms with van der Waals surface area (Å²) < 4.78 is 12.3. The van der Waals surface area contributed by atoms with Gasteiger partial charge in [0.15, 0.2) is 0 Å². The third-order valence-electron chi connectivity index (χ3n) is 5.68. The molecule has 0 spiro atoms. The minimum absolute atomic E-state index is 0.107. The fourth-order valence-electron chi connectivity index (χ4n) is 3.87. The van der Waals surface area contributed by atoms with Gasteiger partial charge in [-0.15, -0.1) is 0 Å². The molecular weight excluding hydrogens is 408 g/mol. The Morgan fingerprint density at radius 3 is 2.97 bits per heavy atom. The second-order valence-electron chi connectivity index (χ2n) is 8.14. The summed E-state index contributed by atoms with van der Waals surface area (Å²) in [5.41, 5.74) is 4.51. The number of aryl methyl sites for hydroxylation is 1. The molecule has 4 heterocycles. The van der Waals surface area contributed by atoms with Crippen LogP contribution < -0.4 is 10.6 Å². The average molecular weight is 432 g/mol. The van der Waals surface area contributed by atoms with Gasteiger partial charge < -0.3 is 19.9 Å². The molecule has 1 fully saturated rings. The standard InChI is InChI=1S/C23H24N6O3/c1-13-4-5-16(21-27-23(32-28-21)18-8-14(2)25-18)10-17(13)26-22(30)19-11-24-20-9-15(12-31-3)6-7-29(19)20/h4-7,9-11,14,18,25H,8,12H2,1-3H3,(H,26,30)/t14-,18?/m0/s1. The van der Waals surface area contributed by atoms with E-state index in [2.05, 4.69) is 32.7 Å². The highest BCUT2D eigenvalue weighted by Gasteiger charge is 2.30. The Balaban J connectivity index is 1.37. The second kappa shape index (κ2) is 8.18. The molecule has 0 aliphatic carbocycles. The van der Waals surface area contributed by atoms with Gasteiger partial charge in [0.05, 0.1) is 18.8 Å². The van der Waals surface area contributed by atoms with Gasteiger partial charge in [-0.05, 0) is 49.6 Å². The van der Waals surface area contributed by atoms with Gasteiger partial charge in [0.25, 0.3) is 5.91 Å². The molecule has 1 amide bonds. The van der Waals surface area contributed by atoms with Crippen LogP contribution in [0.15, 0.2) is 47.2 Å². The molecule has 32 heavy (non-hydrogen) atoms. The summed E-state index contributed by atoms with van der Waals surface area (Å²) in [5.74, 6) is 0.832. The Morgan fingerprint density at radius 2 is 2.19 bits per heavy atom. The van der Waals surface area contributed by atoms with Gasteiger partial charge in [-0.1, -0.05) is 17.3 Å². The molecule has 1 aliphatic rings. The molecule has 1 aliphatic heterocycles. The van der Waals surface area contributed by atoms with Gasteiger partial charge in [-0.25, -0.2) is 4.98 Å². The number of amides is 1. The number of nitrogens with zero attached hydrogens (tertiary/aromatic N) is 4. The number of pyridine rings is 1. The van der Waals surface area contributed by atoms with Crippen molar-refractivity contribution in [1.82, 2.24) is 24.8 Å². The minimum Gasteiger partial charge on any atom is -0.380 e. The molecule has 9 nitrogen and oxygen atoms in total. The van der Waals surface area contributed by atoms with Crippen LogP contribution in [0.5, 0.6) is 0 Å². The molecular formula is C23H24N6O3. The number of anilines is 1. The third kappa shape index (κ3) is 3.76. The molecule has 1 aromatic carbocycles. The molecule has 9 heteroatoms. The fraction of sp³-hybridized carbons (Fsp3) is 0.304. The summed E-state index contributed by atoms with van der Waals surface area (Å²) in [5, 5.41) is 10.4. The maximum Gasteiger partial charge on any atom is 0.274 e. The van der Waals surface area contributed by atoms with Gasteiger partial charge in [0.1, 0.15) is 11.3 Å². The number of rotatable bonds is 6. The topological polar surface area (TPSA) is 107 Å². The van der Waals surface area contributed by atoms with E-state index >= 15 is 0 Å². The first-order chi connectivity index (χ1) is 15.5. The lowest BCUT2D eigenvalue weighted by molar-refractivity contribution is 0.102. The lowest BCUT2D eigenvalue weighted by Gasteiger charge is -2.31. The van der Waals surface area contributed by atoms with Crippen molar-refractivity contribution < 1.29 is 14.1 Å². The lowest BCUT2D eigenvalue weighted by atomic mass is 9.99. The molecule has 0 saturated carbocycles. The Hall–Kier alpha value is -3.56. The monoisotopic (exact) mass is 432 g/mol. The first-order valence-electron chi connectivity index (χ1n) is 10.5. The van der Waals surface area contributed by atoms with E-state index in [0.29, 0.717) is 41.4 Å². The Kier molecular flexibility index (Phi) is 5.20. The van der Waals surface area contributed by atoms with E-state index in [-0.39, 0.29) is 11.9 Å². The van der Waals surface area contributed by atoms with E-state index in [4.69, 9.17) is 9.26 Å². The van der Waals surface area contributed by atoms with E-state index in [9.17, 15) is 4.79 Å². The quantitative estimate of drug-likeness (QED) is 0.480. The highest BCUT2D eigenvalue weighted by Crippen LogP contribution is 2.29. The van der Waals surface area contributed by atoms with Crippen molar-refractivity contribution in [3.8, 4) is 11.4 Å². The number of methoxy groups -OCH3 is 1. The van der Waals surface area contributed by atoms with Crippen molar-refractivity contribution in [3.63, 3.8) is 0 Å². The van der Waals surface area contributed by atoms with Crippen LogP contribution in [0.1, 0.15) is 46.9 Å². The normalized spacial score (nSPS) is 18.0. The summed E-state index contributed by atoms with van der Waals surface area (Å²) in [6.45, 7) is 4.54. The molecule has 1 saturated heterocycles. The van der Waals surface area contributed by atoms with Crippen LogP contribution in [0.25, 0.3) is 17.0 Å². The van der Waals surface area contributed by atoms with Gasteiger partial charge in [-0.3, -0.25) is 9.20 Å². The summed E-state index contributed by atoms with van der Waals surface area (Å²) >= 11 is 0. The van der Waals surface area contributed by atoms with Crippen LogP contribution in [0, 0.1) is 6.92 Å². The first kappa shape index (κ1) is 20.3. The van der Waals surface area contributed by atoms with Gasteiger partial charge >= 0.3 is 0 Å². The SMILES string of the molecule is COCc1ccn2c(C(=O)Nc3cc(-c4noc(C5C[C@H](C)N5)n4)ccc3C)cnc2c1. The number of hydrogen-bond donors (Lipinski definition) is 2. The zero-order valence-electron chi connectivity index (χ0n) is 18.1. The zero-order valence-corrected chi connectivity index (χ0v) is 18.1. The third-order valence-corrected chi connectivity index (χ3v) is 5.68. The van der Waals surface area contributed by atoms with Crippen LogP contribution in [0.2, 0.25) is 0 Å². The zero-order chi connectivity index (χ0) is 22.2. The number of hydrogen-bond acceptors (Lipinski definition) is 7. The number of fused-ring (bicyclic) bond motifs is 1. The average Bonchev–Trinajstić information content (AvgIpc) is 3.40. The second-order valence-corrected chi connectivity index (χ2v) is 8.14. The number of carbonyl (C=O) groups excluding carboxylic acids is 1. The molecule has 1 unspecified atom stereocenters. The van der Waals surface area contributed by atoms with Crippen LogP contribution in [0.3, 0.4) is 0 Å². The van der Waals surface area contributed by atoms with E-state index in [0.717, 1.165) is 23.1 Å². The summed E-state index contributed by atoms with van der Waals surface area (Å²) in [7, 11) is 1.64. The van der Waals surface area contributed by atoms with Gasteiger partial charge in [0.2, 0.25) is 11.7 Å². The Bertz CT molecular complexity index is 1290. The van der Waals surface area contributed by atoms with Crippen LogP contribution in [0.4, 0.5) is 5.69 Å². The van der Waals surface area contributed by atoms with E-state index in [1.165, 1.54) is 0 Å². The van der Waals surface area contributed by atoms with Crippen molar-refractivity contribution in [2.24, 2.45) is 0 Å². The van der Waals surface area contributed by atoms with Crippen molar-refractivity contribution >= 4 is 17.2 Å². The molecule has 2 atom stereocenters. The summed E-state index contributed by atoms with van der Waals surface area (Å²) in [6, 6.07) is 10.1. The van der Waals surface area contributed by atoms with Crippen LogP contribution in [-0.2, 0) is 11.3 Å². The number of ether oxygens (including phenoxy) is 1. The summed E-state index contributed by atoms with van der Waals surface area (Å²) in [4.78, 5) is 21.9. The maximum absolute atomic E-state index is 13.0. The van der Waals surface area contributed by atoms with Gasteiger partial charge in [-0.2, -0.15) is 4.98 Å². The first-order valence-corrected chi connectivity index (χ1v) is 10.5. The Morgan fingerprint density at radius 1 is 1.34 bits per heavy atom. The Labute approximate surface area is 184 Å². The van der Waals surface area contributed by atoms with E-state index < -0.39 is 0 Å². The van der Waals surface area contributed by atoms with E-state index in [1.54, 1.807) is 17.7 Å². The number of imidazole rings is 1. The van der Waals surface area contributed by atoms with Crippen LogP contribution in [-0.4, -0.2) is 38.6 Å². The largest absolute Gasteiger partial charge is 0.380 e. The smallest absolute Gasteiger partial charge is 0.274 e. The number of aromatic nitrogens is 4. The molecule has 5 rings (SSSR count). The molecule has 3 aromatic heterocycles. The highest BCUT2D eigenvalue weighted by atomic mass is 16.5. The predicted molar refractivity (Wildman–Crippen MR) is 118 cm³/mol. The molecule has 0 bridgehead atoms. The molecule has 0 radical (unpaired) electrons. The van der Waals surface area contributed by atoms with Gasteiger partial charge in [0, 0.05) is 30.6 Å². The van der Waals surface area contributed by atoms with Crippen molar-refractivity contribution in [1.29, 1.82) is 0 Å². The van der Waals surface area contributed by atoms with Crippen molar-refractivity contribution in [3.05, 3.63) is 65.4 Å². The molecule has 164 valence electrons. The van der Waals surface area contributed by atoms with E-state index in [1.807, 2.05) is 43.5 Å². The van der Waals surface area contributed by atoms with Crippen molar-refractivity contribution in [2.45, 2.75) is 39.0 Å². The highest BCUT2D eigenvalue weighted by molar-refractivity contribution is 6.04. The fourth-order valence-corrected chi connectivity index (χ4v) is 3.87. The number of nitrogens with one attached hydrogen (secondary N) is 2. The lowest BCUT2D eigenvalue weighted by Crippen LogP contribution is -2.43.